The van der Waals surface area contributed by atoms with E-state index >= 15 is 0 Å². The Labute approximate surface area is 122 Å². The molecule has 1 atom stereocenters. The smallest absolute Gasteiger partial charge is 0.131 e. The molecule has 3 nitrogen and oxygen atoms in total. The van der Waals surface area contributed by atoms with Crippen molar-refractivity contribution in [2.75, 3.05) is 13.7 Å². The minimum atomic E-state index is -0.242. The summed E-state index contributed by atoms with van der Waals surface area (Å²) in [5.74, 6) is 0.336. The van der Waals surface area contributed by atoms with Crippen LogP contribution in [-0.4, -0.2) is 18.6 Å². The van der Waals surface area contributed by atoms with Gasteiger partial charge in [-0.3, -0.25) is 0 Å². The maximum absolute atomic E-state index is 13.9. The van der Waals surface area contributed by atoms with E-state index in [9.17, 15) is 4.39 Å². The molecule has 0 saturated heterocycles. The highest BCUT2D eigenvalue weighted by Crippen LogP contribution is 2.27. The Morgan fingerprint density at radius 3 is 2.90 bits per heavy atom. The van der Waals surface area contributed by atoms with Crippen LogP contribution in [0.3, 0.4) is 0 Å². The molecule has 0 amide bonds. The Morgan fingerprint density at radius 2 is 2.25 bits per heavy atom. The Morgan fingerprint density at radius 1 is 1.45 bits per heavy atom. The quantitative estimate of drug-likeness (QED) is 0.885. The first-order valence-electron chi connectivity index (χ1n) is 6.58. The highest BCUT2D eigenvalue weighted by Gasteiger charge is 2.15. The summed E-state index contributed by atoms with van der Waals surface area (Å²) in [5.41, 5.74) is 1.65. The fourth-order valence-electron chi connectivity index (χ4n) is 2.16. The number of methoxy groups -OCH3 is 1. The van der Waals surface area contributed by atoms with E-state index in [1.165, 1.54) is 6.07 Å². The summed E-state index contributed by atoms with van der Waals surface area (Å²) < 4.78 is 19.1. The van der Waals surface area contributed by atoms with Gasteiger partial charge in [-0.15, -0.1) is 11.3 Å². The van der Waals surface area contributed by atoms with Gasteiger partial charge in [0.15, 0.2) is 0 Å². The van der Waals surface area contributed by atoms with Crippen LogP contribution in [0.5, 0.6) is 5.75 Å². The fraction of sp³-hybridized carbons (Fsp3) is 0.400. The van der Waals surface area contributed by atoms with Crippen molar-refractivity contribution in [1.82, 2.24) is 10.3 Å². The van der Waals surface area contributed by atoms with E-state index in [4.69, 9.17) is 4.74 Å². The molecule has 2 aromatic rings. The Kier molecular flexibility index (Phi) is 5.09. The Hall–Kier alpha value is -1.46. The largest absolute Gasteiger partial charge is 0.496 e. The molecule has 2 rings (SSSR count). The van der Waals surface area contributed by atoms with Gasteiger partial charge in [-0.2, -0.15) is 0 Å². The predicted molar refractivity (Wildman–Crippen MR) is 79.9 cm³/mol. The molecule has 1 N–H and O–H groups in total. The third kappa shape index (κ3) is 3.55. The Balaban J connectivity index is 1.96. The lowest BCUT2D eigenvalue weighted by molar-refractivity contribution is 0.394. The van der Waals surface area contributed by atoms with Crippen LogP contribution in [0.25, 0.3) is 0 Å². The zero-order chi connectivity index (χ0) is 14.5. The summed E-state index contributed by atoms with van der Waals surface area (Å²) in [6, 6.07) is 4.79. The molecule has 1 unspecified atom stereocenters. The molecular weight excluding hydrogens is 275 g/mol. The number of hydrogen-bond donors (Lipinski definition) is 1. The first-order valence-corrected chi connectivity index (χ1v) is 7.46. The highest BCUT2D eigenvalue weighted by atomic mass is 32.1. The zero-order valence-electron chi connectivity index (χ0n) is 11.9. The average Bonchev–Trinajstić information content (AvgIpc) is 2.83. The average molecular weight is 294 g/mol. The van der Waals surface area contributed by atoms with Crippen molar-refractivity contribution in [3.8, 4) is 5.75 Å². The summed E-state index contributed by atoms with van der Waals surface area (Å²) in [6.07, 6.45) is 0.839. The van der Waals surface area contributed by atoms with Crippen molar-refractivity contribution >= 4 is 11.3 Å². The van der Waals surface area contributed by atoms with Gasteiger partial charge in [-0.25, -0.2) is 9.37 Å². The highest BCUT2D eigenvalue weighted by molar-refractivity contribution is 7.09. The molecule has 0 saturated carbocycles. The third-order valence-corrected chi connectivity index (χ3v) is 3.99. The Bertz CT molecular complexity index is 571. The van der Waals surface area contributed by atoms with E-state index in [2.05, 4.69) is 15.7 Å². The van der Waals surface area contributed by atoms with Crippen molar-refractivity contribution in [2.24, 2.45) is 0 Å². The molecule has 5 heteroatoms. The molecule has 1 heterocycles. The molecule has 0 aliphatic rings. The third-order valence-electron chi connectivity index (χ3n) is 3.16. The standard InChI is InChI=1S/C15H19FN2OS/c1-10(15-13(16)5-4-6-14(15)19-3)17-8-7-12-9-20-11(2)18-12/h4-6,9-10,17H,7-8H2,1-3H3. The molecule has 1 aromatic carbocycles. The number of nitrogens with one attached hydrogen (secondary N) is 1. The van der Waals surface area contributed by atoms with Gasteiger partial charge in [0.25, 0.3) is 0 Å². The van der Waals surface area contributed by atoms with Gasteiger partial charge in [0.05, 0.1) is 17.8 Å². The number of aromatic nitrogens is 1. The van der Waals surface area contributed by atoms with Crippen LogP contribution >= 0.6 is 11.3 Å². The van der Waals surface area contributed by atoms with Gasteiger partial charge >= 0.3 is 0 Å². The molecule has 108 valence electrons. The predicted octanol–water partition coefficient (Wildman–Crippen LogP) is 3.49. The van der Waals surface area contributed by atoms with Gasteiger partial charge in [-0.1, -0.05) is 6.07 Å². The van der Waals surface area contributed by atoms with Crippen molar-refractivity contribution in [1.29, 1.82) is 0 Å². The number of aryl methyl sites for hydroxylation is 1. The molecule has 1 aromatic heterocycles. The number of halogens is 1. The number of thiazole rings is 1. The van der Waals surface area contributed by atoms with E-state index in [1.807, 2.05) is 13.8 Å². The number of hydrogen-bond acceptors (Lipinski definition) is 4. The van der Waals surface area contributed by atoms with Crippen molar-refractivity contribution < 1.29 is 9.13 Å². The van der Waals surface area contributed by atoms with Crippen molar-refractivity contribution in [3.63, 3.8) is 0 Å². The molecule has 20 heavy (non-hydrogen) atoms. The van der Waals surface area contributed by atoms with Gasteiger partial charge in [-0.05, 0) is 26.0 Å². The van der Waals surface area contributed by atoms with Gasteiger partial charge < -0.3 is 10.1 Å². The summed E-state index contributed by atoms with van der Waals surface area (Å²) >= 11 is 1.65. The second kappa shape index (κ2) is 6.81. The lowest BCUT2D eigenvalue weighted by atomic mass is 10.1. The second-order valence-electron chi connectivity index (χ2n) is 4.64. The van der Waals surface area contributed by atoms with E-state index in [-0.39, 0.29) is 11.9 Å². The van der Waals surface area contributed by atoms with Gasteiger partial charge in [0.2, 0.25) is 0 Å². The molecule has 0 radical (unpaired) electrons. The molecule has 0 aliphatic carbocycles. The van der Waals surface area contributed by atoms with Crippen LogP contribution in [0.1, 0.15) is 29.2 Å². The summed E-state index contributed by atoms with van der Waals surface area (Å²) in [5, 5.41) is 6.45. The molecule has 0 fully saturated rings. The monoisotopic (exact) mass is 294 g/mol. The zero-order valence-corrected chi connectivity index (χ0v) is 12.8. The lowest BCUT2D eigenvalue weighted by Crippen LogP contribution is -2.22. The number of ether oxygens (including phenoxy) is 1. The molecular formula is C15H19FN2OS. The van der Waals surface area contributed by atoms with Crippen LogP contribution in [0.2, 0.25) is 0 Å². The minimum absolute atomic E-state index is 0.106. The maximum Gasteiger partial charge on any atom is 0.131 e. The number of rotatable bonds is 6. The van der Waals surface area contributed by atoms with Crippen LogP contribution < -0.4 is 10.1 Å². The number of nitrogens with zero attached hydrogens (tertiary/aromatic N) is 1. The van der Waals surface area contributed by atoms with E-state index in [1.54, 1.807) is 30.6 Å². The van der Waals surface area contributed by atoms with E-state index in [0.717, 1.165) is 23.7 Å². The minimum Gasteiger partial charge on any atom is -0.496 e. The SMILES string of the molecule is COc1cccc(F)c1C(C)NCCc1csc(C)n1. The molecule has 0 bridgehead atoms. The maximum atomic E-state index is 13.9. The van der Waals surface area contributed by atoms with Crippen molar-refractivity contribution in [2.45, 2.75) is 26.3 Å². The van der Waals surface area contributed by atoms with Crippen LogP contribution in [0, 0.1) is 12.7 Å². The fourth-order valence-corrected chi connectivity index (χ4v) is 2.80. The summed E-state index contributed by atoms with van der Waals surface area (Å²) in [4.78, 5) is 4.41. The van der Waals surface area contributed by atoms with E-state index < -0.39 is 0 Å². The lowest BCUT2D eigenvalue weighted by Gasteiger charge is -2.17. The normalized spacial score (nSPS) is 12.4. The molecule has 0 spiro atoms. The number of benzene rings is 1. The van der Waals surface area contributed by atoms with E-state index in [0.29, 0.717) is 11.3 Å². The summed E-state index contributed by atoms with van der Waals surface area (Å²) in [7, 11) is 1.56. The van der Waals surface area contributed by atoms with Gasteiger partial charge in [0, 0.05) is 30.0 Å². The van der Waals surface area contributed by atoms with Crippen LogP contribution in [0.15, 0.2) is 23.6 Å². The first kappa shape index (κ1) is 14.9. The van der Waals surface area contributed by atoms with Crippen LogP contribution in [-0.2, 0) is 6.42 Å². The topological polar surface area (TPSA) is 34.1 Å². The van der Waals surface area contributed by atoms with Crippen LogP contribution in [0.4, 0.5) is 4.39 Å². The molecule has 0 aliphatic heterocycles. The second-order valence-corrected chi connectivity index (χ2v) is 5.70. The summed E-state index contributed by atoms with van der Waals surface area (Å²) in [6.45, 7) is 4.68. The van der Waals surface area contributed by atoms with Crippen molar-refractivity contribution in [3.05, 3.63) is 45.7 Å². The van der Waals surface area contributed by atoms with Gasteiger partial charge in [0.1, 0.15) is 11.6 Å². The first-order chi connectivity index (χ1) is 9.61.